The summed E-state index contributed by atoms with van der Waals surface area (Å²) in [6.45, 7) is 2.90. The SMILES string of the molecule is Cc1cc(C(=O)NS(=O)(=O)c2ccc(N[C@H](CC[NH+](C)C)CSc3ccccc3)c([N+](=O)[O-])c2)ccc1-c1cccc2c(CCCOc3cccc4ccccc34)c(C(=O)O)nn12. The van der Waals surface area contributed by atoms with Gasteiger partial charge in [-0.15, -0.1) is 11.8 Å². The quantitative estimate of drug-likeness (QED) is 0.0276. The first-order chi connectivity index (χ1) is 30.3. The second-order valence-corrected chi connectivity index (χ2v) is 18.2. The molecule has 0 unspecified atom stereocenters. The second kappa shape index (κ2) is 19.5. The number of aryl methyl sites for hydroxylation is 2. The lowest BCUT2D eigenvalue weighted by Gasteiger charge is -2.21. The van der Waals surface area contributed by atoms with Crippen LogP contribution in [0, 0.1) is 17.0 Å². The van der Waals surface area contributed by atoms with E-state index in [9.17, 15) is 33.2 Å². The molecule has 1 amide bonds. The van der Waals surface area contributed by atoms with Crippen LogP contribution in [-0.4, -0.2) is 79.0 Å². The lowest BCUT2D eigenvalue weighted by molar-refractivity contribution is -0.858. The molecule has 0 aliphatic rings. The molecule has 63 heavy (non-hydrogen) atoms. The molecule has 2 aromatic heterocycles. The largest absolute Gasteiger partial charge is 0.493 e. The number of pyridine rings is 1. The van der Waals surface area contributed by atoms with E-state index >= 15 is 0 Å². The highest BCUT2D eigenvalue weighted by Gasteiger charge is 2.26. The number of anilines is 1. The van der Waals surface area contributed by atoms with Gasteiger partial charge in [0.15, 0.2) is 5.69 Å². The number of nitrogens with zero attached hydrogens (tertiary/aromatic N) is 3. The Balaban J connectivity index is 1.06. The lowest BCUT2D eigenvalue weighted by atomic mass is 10.0. The topological polar surface area (TPSA) is 187 Å². The average molecular weight is 888 g/mol. The van der Waals surface area contributed by atoms with Crippen molar-refractivity contribution >= 4 is 61.3 Å². The lowest BCUT2D eigenvalue weighted by Crippen LogP contribution is -3.05. The highest BCUT2D eigenvalue weighted by Crippen LogP contribution is 2.32. The number of thioether (sulfide) groups is 1. The van der Waals surface area contributed by atoms with E-state index in [1.54, 1.807) is 47.5 Å². The Labute approximate surface area is 369 Å². The van der Waals surface area contributed by atoms with Gasteiger partial charge < -0.3 is 20.1 Å². The Bertz CT molecular complexity index is 2920. The zero-order chi connectivity index (χ0) is 44.7. The van der Waals surface area contributed by atoms with Crippen LogP contribution in [0.3, 0.4) is 0 Å². The summed E-state index contributed by atoms with van der Waals surface area (Å²) in [5.41, 5.74) is 2.63. The van der Waals surface area contributed by atoms with Gasteiger partial charge in [0.05, 0.1) is 48.3 Å². The molecule has 0 aliphatic carbocycles. The fourth-order valence-corrected chi connectivity index (χ4v) is 9.36. The maximum atomic E-state index is 13.5. The predicted molar refractivity (Wildman–Crippen MR) is 245 cm³/mol. The molecule has 0 bridgehead atoms. The Morgan fingerprint density at radius 2 is 1.68 bits per heavy atom. The maximum absolute atomic E-state index is 13.5. The van der Waals surface area contributed by atoms with E-state index in [1.165, 1.54) is 29.2 Å². The Hall–Kier alpha value is -6.75. The number of nitro benzene ring substituents is 1. The number of carbonyl (C=O) groups is 2. The number of rotatable bonds is 19. The van der Waals surface area contributed by atoms with Gasteiger partial charge in [0.2, 0.25) is 0 Å². The molecular formula is C47H47N6O8S2+. The van der Waals surface area contributed by atoms with Crippen LogP contribution in [0.4, 0.5) is 11.4 Å². The molecule has 7 aromatic rings. The molecular weight excluding hydrogens is 841 g/mol. The van der Waals surface area contributed by atoms with Crippen LogP contribution < -0.4 is 19.7 Å². The molecule has 0 spiro atoms. The number of ether oxygens (including phenoxy) is 1. The third-order valence-corrected chi connectivity index (χ3v) is 13.1. The van der Waals surface area contributed by atoms with Gasteiger partial charge in [0.1, 0.15) is 11.4 Å². The molecule has 0 aliphatic heterocycles. The molecule has 2 heterocycles. The van der Waals surface area contributed by atoms with Gasteiger partial charge in [-0.3, -0.25) is 14.9 Å². The van der Waals surface area contributed by atoms with Crippen molar-refractivity contribution in [2.45, 2.75) is 42.0 Å². The Morgan fingerprint density at radius 1 is 0.937 bits per heavy atom. The number of carboxylic acid groups (broad SMARTS) is 1. The number of carbonyl (C=O) groups excluding carboxylic acids is 1. The first-order valence-corrected chi connectivity index (χ1v) is 22.8. The fraction of sp³-hybridized carbons (Fsp3) is 0.213. The van der Waals surface area contributed by atoms with E-state index in [0.29, 0.717) is 59.5 Å². The van der Waals surface area contributed by atoms with Gasteiger partial charge in [0.25, 0.3) is 21.6 Å². The van der Waals surface area contributed by atoms with E-state index in [-0.39, 0.29) is 23.0 Å². The number of amides is 1. The molecule has 16 heteroatoms. The summed E-state index contributed by atoms with van der Waals surface area (Å²) in [5.74, 6) is -0.732. The van der Waals surface area contributed by atoms with Crippen molar-refractivity contribution in [3.8, 4) is 17.0 Å². The molecule has 0 saturated carbocycles. The highest BCUT2D eigenvalue weighted by molar-refractivity contribution is 7.99. The van der Waals surface area contributed by atoms with Crippen molar-refractivity contribution in [1.82, 2.24) is 14.3 Å². The number of aromatic nitrogens is 2. The average Bonchev–Trinajstić information content (AvgIpc) is 3.65. The number of nitro groups is 1. The second-order valence-electron chi connectivity index (χ2n) is 15.4. The summed E-state index contributed by atoms with van der Waals surface area (Å²) >= 11 is 1.62. The number of benzene rings is 5. The van der Waals surface area contributed by atoms with E-state index in [0.717, 1.165) is 34.0 Å². The van der Waals surface area contributed by atoms with E-state index in [2.05, 4.69) is 15.1 Å². The first-order valence-electron chi connectivity index (χ1n) is 20.3. The van der Waals surface area contributed by atoms with Crippen molar-refractivity contribution in [2.75, 3.05) is 38.3 Å². The smallest absolute Gasteiger partial charge is 0.356 e. The molecule has 7 rings (SSSR count). The Morgan fingerprint density at radius 3 is 2.43 bits per heavy atom. The standard InChI is InChI=1S/C47H46N6O8S2/c1-31-28-33(46(54)50-63(59,60)36-22-24-40(43(29-36)53(57)58)48-34(25-26-51(2)3)30-62-35-14-5-4-6-15-35)21-23-37(31)41-18-10-19-42-39(45(47(55)56)49-52(41)42)17-11-27-61-44-20-9-13-32-12-7-8-16-38(32)44/h4-10,12-16,18-24,28-29,34,48H,11,17,25-27,30H2,1-3H3,(H,50,54)(H,55,56)/p+1/t34-/m1/s1. The van der Waals surface area contributed by atoms with Gasteiger partial charge in [-0.05, 0) is 85.3 Å². The summed E-state index contributed by atoms with van der Waals surface area (Å²) in [6.07, 6.45) is 1.63. The van der Waals surface area contributed by atoms with E-state index < -0.39 is 37.4 Å². The Kier molecular flexibility index (Phi) is 13.7. The summed E-state index contributed by atoms with van der Waals surface area (Å²) in [7, 11) is -0.497. The van der Waals surface area contributed by atoms with Crippen LogP contribution in [0.1, 0.15) is 44.8 Å². The third kappa shape index (κ3) is 10.5. The van der Waals surface area contributed by atoms with Crippen molar-refractivity contribution in [2.24, 2.45) is 0 Å². The van der Waals surface area contributed by atoms with Gasteiger partial charge >= 0.3 is 5.97 Å². The number of nitrogens with one attached hydrogen (secondary N) is 3. The summed E-state index contributed by atoms with van der Waals surface area (Å²) in [5, 5.41) is 32.2. The molecule has 0 fully saturated rings. The highest BCUT2D eigenvalue weighted by atomic mass is 32.2. The van der Waals surface area contributed by atoms with Crippen LogP contribution in [0.15, 0.2) is 137 Å². The van der Waals surface area contributed by atoms with Crippen molar-refractivity contribution in [1.29, 1.82) is 0 Å². The zero-order valence-corrected chi connectivity index (χ0v) is 36.5. The van der Waals surface area contributed by atoms with Gasteiger partial charge in [-0.1, -0.05) is 66.7 Å². The molecule has 5 aromatic carbocycles. The van der Waals surface area contributed by atoms with Gasteiger partial charge in [0, 0.05) is 51.3 Å². The number of aromatic carboxylic acids is 1. The number of carboxylic acids is 1. The zero-order valence-electron chi connectivity index (χ0n) is 34.9. The molecule has 4 N–H and O–H groups in total. The third-order valence-electron chi connectivity index (χ3n) is 10.6. The molecule has 14 nitrogen and oxygen atoms in total. The van der Waals surface area contributed by atoms with Gasteiger partial charge in [-0.2, -0.15) is 5.10 Å². The van der Waals surface area contributed by atoms with Crippen molar-refractivity contribution < 1.29 is 37.7 Å². The number of quaternary nitrogens is 1. The van der Waals surface area contributed by atoms with Crippen LogP contribution in [0.25, 0.3) is 27.5 Å². The summed E-state index contributed by atoms with van der Waals surface area (Å²) < 4.78 is 36.8. The summed E-state index contributed by atoms with van der Waals surface area (Å²) in [4.78, 5) is 39.4. The van der Waals surface area contributed by atoms with Crippen LogP contribution in [0.2, 0.25) is 0 Å². The number of fused-ring (bicyclic) bond motifs is 2. The first kappa shape index (κ1) is 44.3. The van der Waals surface area contributed by atoms with Crippen LogP contribution in [-0.2, 0) is 16.4 Å². The van der Waals surface area contributed by atoms with Crippen molar-refractivity contribution in [3.63, 3.8) is 0 Å². The monoisotopic (exact) mass is 887 g/mol. The van der Waals surface area contributed by atoms with Crippen LogP contribution >= 0.6 is 11.8 Å². The van der Waals surface area contributed by atoms with Crippen LogP contribution in [0.5, 0.6) is 5.75 Å². The minimum Gasteiger partial charge on any atom is -0.493 e. The number of hydrogen-bond donors (Lipinski definition) is 4. The molecule has 1 atom stereocenters. The molecule has 324 valence electrons. The minimum absolute atomic E-state index is 0.0279. The molecule has 0 saturated heterocycles. The summed E-state index contributed by atoms with van der Waals surface area (Å²) in [6, 6.07) is 37.0. The van der Waals surface area contributed by atoms with Crippen molar-refractivity contribution in [3.05, 3.63) is 160 Å². The van der Waals surface area contributed by atoms with E-state index in [1.807, 2.05) is 86.9 Å². The van der Waals surface area contributed by atoms with Gasteiger partial charge in [-0.25, -0.2) is 22.4 Å². The predicted octanol–water partition coefficient (Wildman–Crippen LogP) is 7.31. The molecule has 0 radical (unpaired) electrons. The number of hydrogen-bond acceptors (Lipinski definition) is 10. The van der Waals surface area contributed by atoms with E-state index in [4.69, 9.17) is 4.74 Å². The normalized spacial score (nSPS) is 12.1. The minimum atomic E-state index is -4.54. The maximum Gasteiger partial charge on any atom is 0.356 e. The number of sulfonamides is 1. The fourth-order valence-electron chi connectivity index (χ4n) is 7.37.